The van der Waals surface area contributed by atoms with Crippen molar-refractivity contribution in [2.45, 2.75) is 39.7 Å². The highest BCUT2D eigenvalue weighted by atomic mass is 16.5. The van der Waals surface area contributed by atoms with Gasteiger partial charge in [0.1, 0.15) is 17.5 Å². The molecule has 0 fully saturated rings. The van der Waals surface area contributed by atoms with Gasteiger partial charge in [0.15, 0.2) is 0 Å². The number of aliphatic hydroxyl groups is 1. The summed E-state index contributed by atoms with van der Waals surface area (Å²) >= 11 is 0. The van der Waals surface area contributed by atoms with Crippen molar-refractivity contribution in [2.75, 3.05) is 37.5 Å². The molecule has 1 aromatic rings. The lowest BCUT2D eigenvalue weighted by Crippen LogP contribution is -2.27. The van der Waals surface area contributed by atoms with Gasteiger partial charge in [0.25, 0.3) is 0 Å². The largest absolute Gasteiger partial charge is 0.396 e. The first-order valence-corrected chi connectivity index (χ1v) is 7.13. The molecule has 1 atom stereocenters. The van der Waals surface area contributed by atoms with Crippen LogP contribution in [-0.4, -0.2) is 48.0 Å². The second-order valence-corrected chi connectivity index (χ2v) is 4.65. The van der Waals surface area contributed by atoms with Gasteiger partial charge in [-0.05, 0) is 20.3 Å². The van der Waals surface area contributed by atoms with Gasteiger partial charge in [-0.3, -0.25) is 0 Å². The Labute approximate surface area is 121 Å². The van der Waals surface area contributed by atoms with E-state index in [1.165, 1.54) is 0 Å². The molecule has 1 rings (SSSR count). The maximum absolute atomic E-state index is 9.11. The number of nitrogens with one attached hydrogen (secondary N) is 2. The highest BCUT2D eigenvalue weighted by molar-refractivity contribution is 5.57. The predicted octanol–water partition coefficient (Wildman–Crippen LogP) is 1.59. The van der Waals surface area contributed by atoms with Crippen LogP contribution in [0.4, 0.5) is 11.6 Å². The molecule has 0 aliphatic rings. The van der Waals surface area contributed by atoms with Crippen molar-refractivity contribution in [1.29, 1.82) is 0 Å². The summed E-state index contributed by atoms with van der Waals surface area (Å²) in [7, 11) is 1.65. The molecule has 0 aliphatic heterocycles. The highest BCUT2D eigenvalue weighted by Crippen LogP contribution is 2.21. The van der Waals surface area contributed by atoms with Gasteiger partial charge < -0.3 is 20.5 Å². The summed E-state index contributed by atoms with van der Waals surface area (Å²) in [6.07, 6.45) is 1.40. The maximum atomic E-state index is 9.11. The quantitative estimate of drug-likeness (QED) is 0.638. The Morgan fingerprint density at radius 3 is 2.50 bits per heavy atom. The minimum absolute atomic E-state index is 0.0396. The molecule has 1 heterocycles. The molecule has 0 saturated heterocycles. The molecule has 20 heavy (non-hydrogen) atoms. The summed E-state index contributed by atoms with van der Waals surface area (Å²) in [5, 5.41) is 15.7. The average Bonchev–Trinajstić information content (AvgIpc) is 2.43. The van der Waals surface area contributed by atoms with Crippen molar-refractivity contribution in [2.24, 2.45) is 0 Å². The average molecular weight is 282 g/mol. The fourth-order valence-electron chi connectivity index (χ4n) is 1.95. The maximum Gasteiger partial charge on any atom is 0.135 e. The number of nitrogens with zero attached hydrogens (tertiary/aromatic N) is 2. The lowest BCUT2D eigenvalue weighted by molar-refractivity contribution is 0.170. The summed E-state index contributed by atoms with van der Waals surface area (Å²) in [5.41, 5.74) is 0.989. The van der Waals surface area contributed by atoms with Gasteiger partial charge in [-0.1, -0.05) is 6.92 Å². The Balaban J connectivity index is 2.98. The highest BCUT2D eigenvalue weighted by Gasteiger charge is 2.14. The topological polar surface area (TPSA) is 79.3 Å². The van der Waals surface area contributed by atoms with Crippen LogP contribution in [0.1, 0.15) is 31.7 Å². The molecule has 0 amide bonds. The van der Waals surface area contributed by atoms with Gasteiger partial charge >= 0.3 is 0 Å². The van der Waals surface area contributed by atoms with Crippen molar-refractivity contribution in [3.63, 3.8) is 0 Å². The number of hydrogen-bond donors (Lipinski definition) is 3. The summed E-state index contributed by atoms with van der Waals surface area (Å²) in [5.74, 6) is 2.47. The second-order valence-electron chi connectivity index (χ2n) is 4.65. The third kappa shape index (κ3) is 4.61. The lowest BCUT2D eigenvalue weighted by Gasteiger charge is -2.20. The van der Waals surface area contributed by atoms with E-state index in [2.05, 4.69) is 20.6 Å². The molecule has 3 N–H and O–H groups in total. The van der Waals surface area contributed by atoms with Crippen LogP contribution < -0.4 is 10.6 Å². The first-order valence-electron chi connectivity index (χ1n) is 7.13. The molecule has 0 bridgehead atoms. The van der Waals surface area contributed by atoms with Crippen LogP contribution in [0.3, 0.4) is 0 Å². The number of rotatable bonds is 9. The zero-order valence-electron chi connectivity index (χ0n) is 12.9. The Kier molecular flexibility index (Phi) is 7.25. The van der Waals surface area contributed by atoms with Crippen LogP contribution in [-0.2, 0) is 11.2 Å². The first-order chi connectivity index (χ1) is 9.65. The molecular weight excluding hydrogens is 256 g/mol. The van der Waals surface area contributed by atoms with E-state index >= 15 is 0 Å². The number of methoxy groups -OCH3 is 1. The van der Waals surface area contributed by atoms with Gasteiger partial charge in [0, 0.05) is 32.2 Å². The molecule has 0 radical (unpaired) electrons. The minimum Gasteiger partial charge on any atom is -0.396 e. The van der Waals surface area contributed by atoms with E-state index in [0.717, 1.165) is 36.0 Å². The molecule has 1 aromatic heterocycles. The molecule has 0 spiro atoms. The number of aliphatic hydroxyl groups excluding tert-OH is 1. The van der Waals surface area contributed by atoms with E-state index in [4.69, 9.17) is 9.84 Å². The summed E-state index contributed by atoms with van der Waals surface area (Å²) in [6.45, 7) is 7.53. The fraction of sp³-hybridized carbons (Fsp3) is 0.714. The molecule has 1 unspecified atom stereocenters. The Bertz CT molecular complexity index is 406. The van der Waals surface area contributed by atoms with Gasteiger partial charge in [-0.15, -0.1) is 0 Å². The van der Waals surface area contributed by atoms with Gasteiger partial charge in [0.05, 0.1) is 12.6 Å². The van der Waals surface area contributed by atoms with Crippen molar-refractivity contribution in [1.82, 2.24) is 9.97 Å². The monoisotopic (exact) mass is 282 g/mol. The van der Waals surface area contributed by atoms with Gasteiger partial charge in [-0.2, -0.15) is 0 Å². The molecule has 6 nitrogen and oxygen atoms in total. The van der Waals surface area contributed by atoms with Crippen LogP contribution in [0.15, 0.2) is 0 Å². The lowest BCUT2D eigenvalue weighted by atomic mass is 10.2. The smallest absolute Gasteiger partial charge is 0.135 e. The van der Waals surface area contributed by atoms with E-state index in [-0.39, 0.29) is 12.6 Å². The molecule has 114 valence electrons. The van der Waals surface area contributed by atoms with Crippen LogP contribution >= 0.6 is 0 Å². The number of aryl methyl sites for hydroxylation is 1. The van der Waals surface area contributed by atoms with Crippen LogP contribution in [0.2, 0.25) is 0 Å². The number of hydrogen-bond acceptors (Lipinski definition) is 6. The Morgan fingerprint density at radius 1 is 1.25 bits per heavy atom. The van der Waals surface area contributed by atoms with Crippen molar-refractivity contribution in [3.05, 3.63) is 11.4 Å². The number of aromatic nitrogens is 2. The zero-order valence-corrected chi connectivity index (χ0v) is 12.9. The zero-order chi connectivity index (χ0) is 15.0. The van der Waals surface area contributed by atoms with Crippen LogP contribution in [0, 0.1) is 6.92 Å². The van der Waals surface area contributed by atoms with E-state index in [9.17, 15) is 0 Å². The summed E-state index contributed by atoms with van der Waals surface area (Å²) < 4.78 is 5.17. The van der Waals surface area contributed by atoms with Crippen LogP contribution in [0.5, 0.6) is 0 Å². The third-order valence-corrected chi connectivity index (χ3v) is 3.04. The van der Waals surface area contributed by atoms with E-state index in [1.54, 1.807) is 7.11 Å². The third-order valence-electron chi connectivity index (χ3n) is 3.04. The van der Waals surface area contributed by atoms with E-state index in [1.807, 2.05) is 20.8 Å². The predicted molar refractivity (Wildman–Crippen MR) is 81.3 cm³/mol. The molecule has 6 heteroatoms. The van der Waals surface area contributed by atoms with Crippen molar-refractivity contribution >= 4 is 11.6 Å². The van der Waals surface area contributed by atoms with Crippen molar-refractivity contribution < 1.29 is 9.84 Å². The molecular formula is C14H26N4O2. The molecule has 0 aliphatic carbocycles. The number of anilines is 2. The van der Waals surface area contributed by atoms with Gasteiger partial charge in [0.2, 0.25) is 0 Å². The molecule has 0 saturated carbocycles. The SMILES string of the molecule is CCNc1nc(CC)nc(NC(CCO)COC)c1C. The summed E-state index contributed by atoms with van der Waals surface area (Å²) in [4.78, 5) is 9.04. The van der Waals surface area contributed by atoms with E-state index in [0.29, 0.717) is 13.0 Å². The van der Waals surface area contributed by atoms with E-state index < -0.39 is 0 Å². The standard InChI is InChI=1S/C14H26N4O2/c1-5-12-17-13(15-6-2)10(3)14(18-12)16-11(7-8-19)9-20-4/h11,19H,5-9H2,1-4H3,(H2,15,16,17,18). The summed E-state index contributed by atoms with van der Waals surface area (Å²) in [6, 6.07) is 0.0396. The fourth-order valence-corrected chi connectivity index (χ4v) is 1.95. The normalized spacial score (nSPS) is 12.2. The number of ether oxygens (including phenoxy) is 1. The van der Waals surface area contributed by atoms with Crippen LogP contribution in [0.25, 0.3) is 0 Å². The Morgan fingerprint density at radius 2 is 1.95 bits per heavy atom. The second kappa shape index (κ2) is 8.71. The van der Waals surface area contributed by atoms with Gasteiger partial charge in [-0.25, -0.2) is 9.97 Å². The molecule has 0 aromatic carbocycles. The minimum atomic E-state index is 0.0396. The van der Waals surface area contributed by atoms with Crippen molar-refractivity contribution in [3.8, 4) is 0 Å². The first kappa shape index (κ1) is 16.7. The Hall–Kier alpha value is -1.40.